The molecule has 1 aromatic heterocycles. The van der Waals surface area contributed by atoms with E-state index in [1.165, 1.54) is 16.4 Å². The standard InChI is InChI=1S/C17H15N5O3S2.C5H11NO/c18-9-13-15(14(10-19)17(26)21-16(13)20)11-1-3-12(4-2-11)27(23,24)22-5-7-25-8-6-22;1-6-2-4-7-5-3-6/h1-4H,5-8H2,(H3,20,21,26);2-5H2,1H3. The van der Waals surface area contributed by atoms with Gasteiger partial charge in [0.05, 0.1) is 36.9 Å². The topological polar surface area (TPSA) is 148 Å². The summed E-state index contributed by atoms with van der Waals surface area (Å²) in [5, 5.41) is 18.8. The third kappa shape index (κ3) is 5.80. The first-order valence-electron chi connectivity index (χ1n) is 10.6. The van der Waals surface area contributed by atoms with E-state index in [1.54, 1.807) is 12.1 Å². The quantitative estimate of drug-likeness (QED) is 0.598. The third-order valence-electron chi connectivity index (χ3n) is 5.45. The number of nitriles is 2. The summed E-state index contributed by atoms with van der Waals surface area (Å²) in [4.78, 5) is 5.02. The molecule has 4 rings (SSSR count). The highest BCUT2D eigenvalue weighted by atomic mass is 32.2. The Kier molecular flexibility index (Phi) is 8.74. The molecule has 2 fully saturated rings. The van der Waals surface area contributed by atoms with Crippen molar-refractivity contribution in [2.75, 3.05) is 65.4 Å². The highest BCUT2D eigenvalue weighted by Gasteiger charge is 2.26. The Morgan fingerprint density at radius 1 is 0.971 bits per heavy atom. The van der Waals surface area contributed by atoms with Crippen LogP contribution in [0.25, 0.3) is 11.1 Å². The zero-order valence-electron chi connectivity index (χ0n) is 18.8. The van der Waals surface area contributed by atoms with Gasteiger partial charge in [-0.3, -0.25) is 0 Å². The number of benzene rings is 1. The molecule has 2 saturated heterocycles. The van der Waals surface area contributed by atoms with E-state index in [9.17, 15) is 18.9 Å². The average molecular weight is 503 g/mol. The smallest absolute Gasteiger partial charge is 0.243 e. The molecule has 0 radical (unpaired) electrons. The zero-order chi connectivity index (χ0) is 24.7. The molecule has 180 valence electrons. The van der Waals surface area contributed by atoms with Gasteiger partial charge in [-0.15, -0.1) is 0 Å². The lowest BCUT2D eigenvalue weighted by atomic mass is 9.97. The molecule has 0 amide bonds. The molecule has 2 aliphatic heterocycles. The first-order chi connectivity index (χ1) is 16.3. The largest absolute Gasteiger partial charge is 0.384 e. The van der Waals surface area contributed by atoms with E-state index in [0.29, 0.717) is 31.9 Å². The number of nitrogens with one attached hydrogen (secondary N) is 1. The molecule has 1 aromatic carbocycles. The van der Waals surface area contributed by atoms with Gasteiger partial charge in [0.2, 0.25) is 10.0 Å². The molecule has 0 bridgehead atoms. The van der Waals surface area contributed by atoms with Crippen molar-refractivity contribution in [1.82, 2.24) is 14.2 Å². The fourth-order valence-corrected chi connectivity index (χ4v) is 5.18. The summed E-state index contributed by atoms with van der Waals surface area (Å²) in [5.41, 5.74) is 6.79. The second-order valence-corrected chi connectivity index (χ2v) is 10.0. The minimum absolute atomic E-state index is 0.0570. The molecule has 2 aliphatic rings. The average Bonchev–Trinajstić information content (AvgIpc) is 2.85. The Hall–Kier alpha value is -2.84. The highest BCUT2D eigenvalue weighted by molar-refractivity contribution is 7.89. The number of nitrogen functional groups attached to an aromatic ring is 1. The number of aromatic nitrogens is 1. The van der Waals surface area contributed by atoms with Crippen molar-refractivity contribution in [3.8, 4) is 23.3 Å². The number of anilines is 1. The van der Waals surface area contributed by atoms with Gasteiger partial charge >= 0.3 is 0 Å². The van der Waals surface area contributed by atoms with Crippen molar-refractivity contribution < 1.29 is 17.9 Å². The van der Waals surface area contributed by atoms with Crippen LogP contribution in [0.4, 0.5) is 5.82 Å². The Bertz CT molecular complexity index is 1250. The predicted octanol–water partition coefficient (Wildman–Crippen LogP) is 1.71. The predicted molar refractivity (Wildman–Crippen MR) is 129 cm³/mol. The van der Waals surface area contributed by atoms with Crippen LogP contribution in [0.5, 0.6) is 0 Å². The van der Waals surface area contributed by atoms with Gasteiger partial charge < -0.3 is 25.1 Å². The highest BCUT2D eigenvalue weighted by Crippen LogP contribution is 2.31. The Balaban J connectivity index is 0.000000396. The summed E-state index contributed by atoms with van der Waals surface area (Å²) in [6.07, 6.45) is 0. The van der Waals surface area contributed by atoms with Crippen LogP contribution in [0.15, 0.2) is 29.2 Å². The number of H-pyrrole nitrogens is 1. The number of aromatic amines is 1. The van der Waals surface area contributed by atoms with Gasteiger partial charge in [0, 0.05) is 31.7 Å². The lowest BCUT2D eigenvalue weighted by Gasteiger charge is -2.26. The molecule has 0 saturated carbocycles. The van der Waals surface area contributed by atoms with Crippen LogP contribution in [0.3, 0.4) is 0 Å². The molecule has 10 nitrogen and oxygen atoms in total. The molecule has 3 N–H and O–H groups in total. The number of hydrogen-bond acceptors (Lipinski definition) is 9. The summed E-state index contributed by atoms with van der Waals surface area (Å²) in [7, 11) is -1.52. The Morgan fingerprint density at radius 2 is 1.50 bits per heavy atom. The van der Waals surface area contributed by atoms with Gasteiger partial charge in [0.15, 0.2) is 0 Å². The van der Waals surface area contributed by atoms with Crippen molar-refractivity contribution in [1.29, 1.82) is 10.5 Å². The maximum Gasteiger partial charge on any atom is 0.243 e. The molecule has 34 heavy (non-hydrogen) atoms. The van der Waals surface area contributed by atoms with Crippen LogP contribution in [0.1, 0.15) is 11.1 Å². The number of nitrogens with two attached hydrogens (primary N) is 1. The van der Waals surface area contributed by atoms with Crippen molar-refractivity contribution in [2.24, 2.45) is 0 Å². The molecule has 3 heterocycles. The normalized spacial score (nSPS) is 17.1. The van der Waals surface area contributed by atoms with Crippen LogP contribution in [0.2, 0.25) is 0 Å². The number of hydrogen-bond donors (Lipinski definition) is 2. The summed E-state index contributed by atoms with van der Waals surface area (Å²) < 4.78 is 37.2. The van der Waals surface area contributed by atoms with E-state index in [-0.39, 0.29) is 32.0 Å². The van der Waals surface area contributed by atoms with Crippen LogP contribution in [0, 0.1) is 27.3 Å². The van der Waals surface area contributed by atoms with Crippen molar-refractivity contribution in [3.05, 3.63) is 40.0 Å². The number of likely N-dealkylation sites (N-methyl/N-ethyl adjacent to an activating group) is 1. The maximum absolute atomic E-state index is 12.7. The van der Waals surface area contributed by atoms with E-state index >= 15 is 0 Å². The fourth-order valence-electron chi connectivity index (χ4n) is 3.52. The first kappa shape index (κ1) is 25.8. The van der Waals surface area contributed by atoms with Crippen LogP contribution in [-0.2, 0) is 19.5 Å². The number of nitrogens with zero attached hydrogens (tertiary/aromatic N) is 4. The van der Waals surface area contributed by atoms with Crippen LogP contribution < -0.4 is 5.73 Å². The van der Waals surface area contributed by atoms with Gasteiger partial charge in [0.1, 0.15) is 28.2 Å². The van der Waals surface area contributed by atoms with Crippen LogP contribution in [-0.4, -0.2) is 82.3 Å². The van der Waals surface area contributed by atoms with Gasteiger partial charge in [-0.25, -0.2) is 8.42 Å². The molecular formula is C22H26N6O4S2. The van der Waals surface area contributed by atoms with Crippen LogP contribution >= 0.6 is 12.2 Å². The van der Waals surface area contributed by atoms with Crippen molar-refractivity contribution in [2.45, 2.75) is 4.90 Å². The van der Waals surface area contributed by atoms with Gasteiger partial charge in [-0.1, -0.05) is 24.4 Å². The van der Waals surface area contributed by atoms with Gasteiger partial charge in [-0.05, 0) is 24.7 Å². The number of pyridine rings is 1. The Labute approximate surface area is 204 Å². The lowest BCUT2D eigenvalue weighted by molar-refractivity contribution is 0.0503. The van der Waals surface area contributed by atoms with E-state index < -0.39 is 10.0 Å². The number of morpholine rings is 2. The molecule has 0 atom stereocenters. The Morgan fingerprint density at radius 3 is 1.97 bits per heavy atom. The minimum atomic E-state index is -3.64. The fraction of sp³-hybridized carbons (Fsp3) is 0.409. The number of rotatable bonds is 3. The summed E-state index contributed by atoms with van der Waals surface area (Å²) in [6.45, 7) is 5.33. The maximum atomic E-state index is 12.7. The molecule has 12 heteroatoms. The molecule has 0 unspecified atom stereocenters. The minimum Gasteiger partial charge on any atom is -0.384 e. The van der Waals surface area contributed by atoms with Crippen molar-refractivity contribution in [3.63, 3.8) is 0 Å². The third-order valence-corrected chi connectivity index (χ3v) is 7.67. The van der Waals surface area contributed by atoms with E-state index in [4.69, 9.17) is 27.4 Å². The van der Waals surface area contributed by atoms with E-state index in [0.717, 1.165) is 26.3 Å². The van der Waals surface area contributed by atoms with E-state index in [2.05, 4.69) is 16.9 Å². The second kappa shape index (κ2) is 11.5. The number of ether oxygens (including phenoxy) is 2. The summed E-state index contributed by atoms with van der Waals surface area (Å²) in [5.74, 6) is 0.0570. The molecular weight excluding hydrogens is 476 g/mol. The van der Waals surface area contributed by atoms with Crippen molar-refractivity contribution >= 4 is 28.1 Å². The van der Waals surface area contributed by atoms with E-state index in [1.807, 2.05) is 12.1 Å². The second-order valence-electron chi connectivity index (χ2n) is 7.67. The van der Waals surface area contributed by atoms with Gasteiger partial charge in [-0.2, -0.15) is 14.8 Å². The lowest BCUT2D eigenvalue weighted by Crippen LogP contribution is -2.40. The summed E-state index contributed by atoms with van der Waals surface area (Å²) in [6, 6.07) is 9.91. The molecule has 0 spiro atoms. The van der Waals surface area contributed by atoms with Gasteiger partial charge in [0.25, 0.3) is 0 Å². The first-order valence-corrected chi connectivity index (χ1v) is 12.4. The monoisotopic (exact) mass is 502 g/mol. The molecule has 0 aliphatic carbocycles. The SMILES string of the molecule is CN1CCOCC1.N#Cc1c(N)[nH]c(=S)c(C#N)c1-c1ccc(S(=O)(=O)N2CCOCC2)cc1. The molecule has 2 aromatic rings. The number of sulfonamides is 1. The summed E-state index contributed by atoms with van der Waals surface area (Å²) >= 11 is 5.12. The zero-order valence-corrected chi connectivity index (χ0v) is 20.4.